The monoisotopic (exact) mass is 401 g/mol. The highest BCUT2D eigenvalue weighted by Gasteiger charge is 2.17. The SMILES string of the molecule is CCOC(=O)Cc1ccc(N)c(Oc2cc(Cl)cc(Br)c2)c1F. The first kappa shape index (κ1) is 17.6. The van der Waals surface area contributed by atoms with Crippen molar-refractivity contribution in [3.63, 3.8) is 0 Å². The highest BCUT2D eigenvalue weighted by atomic mass is 79.9. The number of anilines is 1. The lowest BCUT2D eigenvalue weighted by Crippen LogP contribution is -2.10. The molecule has 23 heavy (non-hydrogen) atoms. The van der Waals surface area contributed by atoms with Gasteiger partial charge in [0.05, 0.1) is 18.7 Å². The molecule has 0 amide bonds. The fourth-order valence-corrected chi connectivity index (χ4v) is 2.75. The first-order valence-corrected chi connectivity index (χ1v) is 7.94. The summed E-state index contributed by atoms with van der Waals surface area (Å²) in [6.45, 7) is 1.91. The second-order valence-corrected chi connectivity index (χ2v) is 6.00. The second kappa shape index (κ2) is 7.66. The molecule has 4 nitrogen and oxygen atoms in total. The molecule has 0 fully saturated rings. The Morgan fingerprint density at radius 3 is 2.74 bits per heavy atom. The van der Waals surface area contributed by atoms with Crippen molar-refractivity contribution in [2.75, 3.05) is 12.3 Å². The minimum absolute atomic E-state index is 0.117. The van der Waals surface area contributed by atoms with Crippen molar-refractivity contribution < 1.29 is 18.7 Å². The van der Waals surface area contributed by atoms with E-state index >= 15 is 0 Å². The lowest BCUT2D eigenvalue weighted by Gasteiger charge is -2.13. The van der Waals surface area contributed by atoms with E-state index in [0.29, 0.717) is 15.2 Å². The molecule has 7 heteroatoms. The summed E-state index contributed by atoms with van der Waals surface area (Å²) in [5, 5.41) is 0.427. The minimum Gasteiger partial charge on any atom is -0.466 e. The van der Waals surface area contributed by atoms with Gasteiger partial charge in [-0.05, 0) is 31.2 Å². The average Bonchev–Trinajstić information content (AvgIpc) is 2.46. The van der Waals surface area contributed by atoms with E-state index < -0.39 is 11.8 Å². The molecule has 0 saturated heterocycles. The number of esters is 1. The van der Waals surface area contributed by atoms with Crippen LogP contribution in [0.2, 0.25) is 5.02 Å². The summed E-state index contributed by atoms with van der Waals surface area (Å²) >= 11 is 9.21. The number of carbonyl (C=O) groups is 1. The Balaban J connectivity index is 2.32. The summed E-state index contributed by atoms with van der Waals surface area (Å²) in [5.41, 5.74) is 6.04. The Labute approximate surface area is 146 Å². The van der Waals surface area contributed by atoms with Crippen LogP contribution in [0.25, 0.3) is 0 Å². The van der Waals surface area contributed by atoms with E-state index in [4.69, 9.17) is 26.8 Å². The van der Waals surface area contributed by atoms with Crippen LogP contribution in [0, 0.1) is 5.82 Å². The lowest BCUT2D eigenvalue weighted by atomic mass is 10.1. The fraction of sp³-hybridized carbons (Fsp3) is 0.188. The number of rotatable bonds is 5. The van der Waals surface area contributed by atoms with Crippen LogP contribution in [-0.4, -0.2) is 12.6 Å². The Bertz CT molecular complexity index is 719. The van der Waals surface area contributed by atoms with Gasteiger partial charge in [0.15, 0.2) is 11.6 Å². The maximum absolute atomic E-state index is 14.6. The summed E-state index contributed by atoms with van der Waals surface area (Å²) in [4.78, 5) is 11.5. The summed E-state index contributed by atoms with van der Waals surface area (Å²) in [7, 11) is 0. The van der Waals surface area contributed by atoms with E-state index in [1.54, 1.807) is 19.1 Å². The van der Waals surface area contributed by atoms with Crippen LogP contribution >= 0.6 is 27.5 Å². The van der Waals surface area contributed by atoms with Crippen LogP contribution in [0.5, 0.6) is 11.5 Å². The second-order valence-electron chi connectivity index (χ2n) is 4.65. The molecular weight excluding hydrogens is 389 g/mol. The lowest BCUT2D eigenvalue weighted by molar-refractivity contribution is -0.142. The molecule has 0 aliphatic carbocycles. The molecule has 2 aromatic carbocycles. The van der Waals surface area contributed by atoms with Crippen molar-refractivity contribution in [2.45, 2.75) is 13.3 Å². The van der Waals surface area contributed by atoms with Gasteiger partial charge in [-0.3, -0.25) is 4.79 Å². The van der Waals surface area contributed by atoms with E-state index in [1.807, 2.05) is 0 Å². The molecule has 0 aliphatic rings. The molecule has 0 atom stereocenters. The number of halogens is 3. The largest absolute Gasteiger partial charge is 0.466 e. The Kier molecular flexibility index (Phi) is 5.85. The molecule has 0 bridgehead atoms. The Morgan fingerprint density at radius 1 is 1.35 bits per heavy atom. The van der Waals surface area contributed by atoms with E-state index in [0.717, 1.165) is 0 Å². The molecule has 2 rings (SSSR count). The van der Waals surface area contributed by atoms with Crippen LogP contribution in [0.15, 0.2) is 34.8 Å². The number of nitrogen functional groups attached to an aromatic ring is 1. The van der Waals surface area contributed by atoms with Crippen LogP contribution in [0.4, 0.5) is 10.1 Å². The highest BCUT2D eigenvalue weighted by Crippen LogP contribution is 2.35. The van der Waals surface area contributed by atoms with Gasteiger partial charge in [0.25, 0.3) is 0 Å². The number of ether oxygens (including phenoxy) is 2. The smallest absolute Gasteiger partial charge is 0.310 e. The molecule has 2 N–H and O–H groups in total. The van der Waals surface area contributed by atoms with Gasteiger partial charge in [-0.1, -0.05) is 33.6 Å². The number of benzene rings is 2. The van der Waals surface area contributed by atoms with E-state index in [9.17, 15) is 9.18 Å². The third-order valence-electron chi connectivity index (χ3n) is 2.90. The van der Waals surface area contributed by atoms with Gasteiger partial charge in [-0.25, -0.2) is 4.39 Å². The molecule has 0 heterocycles. The molecule has 0 spiro atoms. The number of hydrogen-bond acceptors (Lipinski definition) is 4. The van der Waals surface area contributed by atoms with Crippen molar-refractivity contribution in [2.24, 2.45) is 0 Å². The van der Waals surface area contributed by atoms with Crippen LogP contribution < -0.4 is 10.5 Å². The van der Waals surface area contributed by atoms with Crippen LogP contribution in [-0.2, 0) is 16.0 Å². The molecule has 0 aromatic heterocycles. The molecular formula is C16H14BrClFNO3. The van der Waals surface area contributed by atoms with Crippen LogP contribution in [0.1, 0.15) is 12.5 Å². The number of nitrogens with two attached hydrogens (primary N) is 1. The van der Waals surface area contributed by atoms with Crippen molar-refractivity contribution in [3.8, 4) is 11.5 Å². The molecule has 122 valence electrons. The van der Waals surface area contributed by atoms with Gasteiger partial charge in [0, 0.05) is 15.1 Å². The minimum atomic E-state index is -0.700. The van der Waals surface area contributed by atoms with Gasteiger partial charge in [-0.15, -0.1) is 0 Å². The van der Waals surface area contributed by atoms with Crippen molar-refractivity contribution >= 4 is 39.2 Å². The first-order chi connectivity index (χ1) is 10.9. The highest BCUT2D eigenvalue weighted by molar-refractivity contribution is 9.10. The maximum atomic E-state index is 14.6. The van der Waals surface area contributed by atoms with Crippen molar-refractivity contribution in [3.05, 3.63) is 51.2 Å². The van der Waals surface area contributed by atoms with Crippen molar-refractivity contribution in [1.29, 1.82) is 0 Å². The first-order valence-electron chi connectivity index (χ1n) is 6.77. The Hall–Kier alpha value is -1.79. The van der Waals surface area contributed by atoms with E-state index in [-0.39, 0.29) is 30.0 Å². The summed E-state index contributed by atoms with van der Waals surface area (Å²) < 4.78 is 25.6. The summed E-state index contributed by atoms with van der Waals surface area (Å²) in [5.74, 6) is -1.05. The van der Waals surface area contributed by atoms with Gasteiger partial charge in [0.2, 0.25) is 0 Å². The molecule has 0 aliphatic heterocycles. The third kappa shape index (κ3) is 4.59. The van der Waals surface area contributed by atoms with Gasteiger partial charge in [0.1, 0.15) is 5.75 Å². The quantitative estimate of drug-likeness (QED) is 0.580. The molecule has 0 unspecified atom stereocenters. The fourth-order valence-electron chi connectivity index (χ4n) is 1.92. The van der Waals surface area contributed by atoms with Gasteiger partial charge < -0.3 is 15.2 Å². The normalized spacial score (nSPS) is 10.4. The topological polar surface area (TPSA) is 61.5 Å². The standard InChI is InChI=1S/C16H14BrClFNO3/c1-2-22-14(21)5-9-3-4-13(20)16(15(9)19)23-12-7-10(17)6-11(18)8-12/h3-4,6-8H,2,5,20H2,1H3. The number of carbonyl (C=O) groups excluding carboxylic acids is 1. The van der Waals surface area contributed by atoms with Crippen molar-refractivity contribution in [1.82, 2.24) is 0 Å². The number of hydrogen-bond donors (Lipinski definition) is 1. The predicted octanol–water partition coefficient (Wildman–Crippen LogP) is 4.72. The average molecular weight is 403 g/mol. The zero-order valence-corrected chi connectivity index (χ0v) is 14.6. The Morgan fingerprint density at radius 2 is 2.09 bits per heavy atom. The molecule has 0 saturated carbocycles. The zero-order chi connectivity index (χ0) is 17.0. The maximum Gasteiger partial charge on any atom is 0.310 e. The summed E-state index contributed by atoms with van der Waals surface area (Å²) in [6.07, 6.45) is -0.199. The third-order valence-corrected chi connectivity index (χ3v) is 3.58. The van der Waals surface area contributed by atoms with E-state index in [1.165, 1.54) is 18.2 Å². The van der Waals surface area contributed by atoms with Gasteiger partial charge in [-0.2, -0.15) is 0 Å². The van der Waals surface area contributed by atoms with Crippen LogP contribution in [0.3, 0.4) is 0 Å². The van der Waals surface area contributed by atoms with Gasteiger partial charge >= 0.3 is 5.97 Å². The molecule has 0 radical (unpaired) electrons. The summed E-state index contributed by atoms with van der Waals surface area (Å²) in [6, 6.07) is 7.74. The predicted molar refractivity (Wildman–Crippen MR) is 90.4 cm³/mol. The van der Waals surface area contributed by atoms with E-state index in [2.05, 4.69) is 15.9 Å². The zero-order valence-electron chi connectivity index (χ0n) is 12.2. The molecule has 2 aromatic rings.